The van der Waals surface area contributed by atoms with Crippen LogP contribution in [0.5, 0.6) is 5.88 Å². The number of ether oxygens (including phenoxy) is 1. The van der Waals surface area contributed by atoms with Gasteiger partial charge in [-0.1, -0.05) is 17.7 Å². The van der Waals surface area contributed by atoms with Crippen LogP contribution in [-0.2, 0) is 5.54 Å². The Balaban J connectivity index is 1.52. The van der Waals surface area contributed by atoms with Gasteiger partial charge in [-0.3, -0.25) is 4.99 Å². The molecule has 3 N–H and O–H groups in total. The molecule has 1 aliphatic carbocycles. The lowest BCUT2D eigenvalue weighted by atomic mass is 9.85. The van der Waals surface area contributed by atoms with Crippen molar-refractivity contribution < 1.29 is 22.3 Å². The summed E-state index contributed by atoms with van der Waals surface area (Å²) in [6.07, 6.45) is 5.04. The van der Waals surface area contributed by atoms with Crippen LogP contribution in [0.1, 0.15) is 25.8 Å². The first-order valence-electron chi connectivity index (χ1n) is 10.9. The Hall–Kier alpha value is -3.59. The van der Waals surface area contributed by atoms with Gasteiger partial charge in [0.15, 0.2) is 28.7 Å². The number of nitrogens with one attached hydrogen (secondary N) is 1. The molecule has 12 heteroatoms. The molecular formula is C24H20F4N6OS. The number of aromatic nitrogens is 3. The molecule has 1 aromatic carbocycles. The molecule has 186 valence electrons. The van der Waals surface area contributed by atoms with Gasteiger partial charge in [0.1, 0.15) is 5.52 Å². The summed E-state index contributed by atoms with van der Waals surface area (Å²) in [4.78, 5) is 17.2. The van der Waals surface area contributed by atoms with E-state index in [0.29, 0.717) is 11.0 Å². The van der Waals surface area contributed by atoms with Crippen molar-refractivity contribution in [3.05, 3.63) is 47.8 Å². The van der Waals surface area contributed by atoms with Gasteiger partial charge in [0, 0.05) is 29.4 Å². The van der Waals surface area contributed by atoms with Crippen molar-refractivity contribution in [2.75, 3.05) is 5.32 Å². The van der Waals surface area contributed by atoms with Crippen molar-refractivity contribution in [2.45, 2.75) is 43.1 Å². The zero-order valence-electron chi connectivity index (χ0n) is 19.1. The average Bonchev–Trinajstić information content (AvgIpc) is 3.58. The predicted octanol–water partition coefficient (Wildman–Crippen LogP) is 4.75. The number of rotatable bonds is 6. The van der Waals surface area contributed by atoms with Crippen molar-refractivity contribution in [1.29, 1.82) is 0 Å². The zero-order chi connectivity index (χ0) is 25.8. The van der Waals surface area contributed by atoms with Crippen LogP contribution in [0, 0.1) is 29.9 Å². The molecule has 2 aliphatic rings. The van der Waals surface area contributed by atoms with Crippen LogP contribution in [0.15, 0.2) is 35.6 Å². The van der Waals surface area contributed by atoms with Gasteiger partial charge in [-0.25, -0.2) is 32.5 Å². The number of halogens is 4. The van der Waals surface area contributed by atoms with Crippen molar-refractivity contribution in [1.82, 2.24) is 15.0 Å². The summed E-state index contributed by atoms with van der Waals surface area (Å²) in [5.41, 5.74) is 5.09. The number of terminal acetylenes is 1. The van der Waals surface area contributed by atoms with Crippen LogP contribution >= 0.6 is 11.8 Å². The van der Waals surface area contributed by atoms with Crippen LogP contribution in [0.4, 0.5) is 29.1 Å². The number of nitrogens with zero attached hydrogens (tertiary/aromatic N) is 4. The SMILES string of the molecule is C#C[C@H](C)Oc1cnc2c(Nc3cc(F)c(F)c([C@]4(C)N=C(N)S[C@@]5(C(F)F)C[C@@H]45)c3)nccc2n1. The average molecular weight is 517 g/mol. The third-order valence-electron chi connectivity index (χ3n) is 6.44. The molecule has 2 aromatic heterocycles. The van der Waals surface area contributed by atoms with Crippen molar-refractivity contribution in [3.8, 4) is 18.2 Å². The standard InChI is InChI=1S/C24H20F4N6OS/c1-4-11(2)35-17-10-31-19-15(33-17)5-6-30-20(19)32-12-7-13(18(26)14(25)8-12)23(3)16-9-24(16,21(27)28)36-22(29)34-23/h1,5-8,10-11,16,21H,9H2,2-3H3,(H2,29,34)(H,30,32)/t11-,16-,23-,24-/m0/s1. The van der Waals surface area contributed by atoms with Crippen LogP contribution in [0.25, 0.3) is 11.0 Å². The fourth-order valence-electron chi connectivity index (χ4n) is 4.56. The molecule has 0 radical (unpaired) electrons. The van der Waals surface area contributed by atoms with Gasteiger partial charge in [0.2, 0.25) is 5.88 Å². The first-order valence-corrected chi connectivity index (χ1v) is 11.7. The number of benzene rings is 1. The van der Waals surface area contributed by atoms with Crippen molar-refractivity contribution in [2.24, 2.45) is 16.6 Å². The van der Waals surface area contributed by atoms with Crippen molar-refractivity contribution >= 4 is 39.5 Å². The third-order valence-corrected chi connectivity index (χ3v) is 7.75. The van der Waals surface area contributed by atoms with Gasteiger partial charge in [0.05, 0.1) is 22.0 Å². The maximum Gasteiger partial charge on any atom is 0.253 e. The van der Waals surface area contributed by atoms with Crippen LogP contribution in [0.2, 0.25) is 0 Å². The Bertz CT molecular complexity index is 1450. The highest BCUT2D eigenvalue weighted by molar-refractivity contribution is 8.15. The number of amidine groups is 1. The van der Waals surface area contributed by atoms with Crippen LogP contribution in [-0.4, -0.2) is 37.4 Å². The minimum atomic E-state index is -2.69. The Labute approximate surface area is 208 Å². The molecule has 3 heterocycles. The van der Waals surface area contributed by atoms with E-state index in [9.17, 15) is 13.2 Å². The topological polar surface area (TPSA) is 98.3 Å². The first-order chi connectivity index (χ1) is 17.1. The van der Waals surface area contributed by atoms with E-state index in [0.717, 1.165) is 17.8 Å². The summed E-state index contributed by atoms with van der Waals surface area (Å²) in [5, 5.41) is 2.84. The molecule has 3 aromatic rings. The van der Waals surface area contributed by atoms with E-state index in [1.165, 1.54) is 25.4 Å². The Kier molecular flexibility index (Phi) is 5.70. The summed E-state index contributed by atoms with van der Waals surface area (Å²) in [7, 11) is 0. The Morgan fingerprint density at radius 2 is 2.08 bits per heavy atom. The highest BCUT2D eigenvalue weighted by Gasteiger charge is 2.71. The second-order valence-corrected chi connectivity index (χ2v) is 10.2. The fourth-order valence-corrected chi connectivity index (χ4v) is 5.90. The molecule has 0 bridgehead atoms. The number of nitrogens with two attached hydrogens (primary N) is 1. The second kappa shape index (κ2) is 8.51. The maximum absolute atomic E-state index is 15.1. The minimum Gasteiger partial charge on any atom is -0.460 e. The molecule has 4 atom stereocenters. The fraction of sp³-hybridized carbons (Fsp3) is 0.333. The lowest BCUT2D eigenvalue weighted by Gasteiger charge is -2.34. The number of aliphatic imine (C=N–C) groups is 1. The number of anilines is 2. The first kappa shape index (κ1) is 24.1. The van der Waals surface area contributed by atoms with Gasteiger partial charge in [-0.15, -0.1) is 6.42 Å². The molecule has 0 spiro atoms. The molecule has 0 amide bonds. The molecule has 1 fully saturated rings. The number of fused-ring (bicyclic) bond motifs is 2. The number of pyridine rings is 1. The van der Waals surface area contributed by atoms with Gasteiger partial charge in [-0.2, -0.15) is 0 Å². The highest BCUT2D eigenvalue weighted by atomic mass is 32.2. The van der Waals surface area contributed by atoms with E-state index in [4.69, 9.17) is 16.9 Å². The van der Waals surface area contributed by atoms with Crippen molar-refractivity contribution in [3.63, 3.8) is 0 Å². The molecule has 5 rings (SSSR count). The lowest BCUT2D eigenvalue weighted by Crippen LogP contribution is -2.39. The van der Waals surface area contributed by atoms with E-state index < -0.39 is 40.4 Å². The van der Waals surface area contributed by atoms with Gasteiger partial charge in [-0.05, 0) is 32.4 Å². The molecule has 7 nitrogen and oxygen atoms in total. The predicted molar refractivity (Wildman–Crippen MR) is 129 cm³/mol. The summed E-state index contributed by atoms with van der Waals surface area (Å²) >= 11 is 0.792. The van der Waals surface area contributed by atoms with E-state index in [-0.39, 0.29) is 34.5 Å². The maximum atomic E-state index is 15.1. The summed E-state index contributed by atoms with van der Waals surface area (Å²) in [5.74, 6) is -0.193. The van der Waals surface area contributed by atoms with Gasteiger partial charge >= 0.3 is 0 Å². The van der Waals surface area contributed by atoms with Crippen LogP contribution in [0.3, 0.4) is 0 Å². The Morgan fingerprint density at radius 1 is 1.31 bits per heavy atom. The van der Waals surface area contributed by atoms with Crippen LogP contribution < -0.4 is 15.8 Å². The smallest absolute Gasteiger partial charge is 0.253 e. The number of hydrogen-bond donors (Lipinski definition) is 2. The normalized spacial score (nSPS) is 25.6. The monoisotopic (exact) mass is 516 g/mol. The van der Waals surface area contributed by atoms with E-state index in [2.05, 4.69) is 31.2 Å². The van der Waals surface area contributed by atoms with E-state index in [1.807, 2.05) is 0 Å². The molecule has 1 saturated carbocycles. The summed E-state index contributed by atoms with van der Waals surface area (Å²) < 4.78 is 61.5. The lowest BCUT2D eigenvalue weighted by molar-refractivity contribution is 0.123. The quantitative estimate of drug-likeness (QED) is 0.361. The summed E-state index contributed by atoms with van der Waals surface area (Å²) in [6, 6.07) is 3.88. The van der Waals surface area contributed by atoms with Gasteiger partial charge in [0.25, 0.3) is 6.43 Å². The Morgan fingerprint density at radius 3 is 2.81 bits per heavy atom. The van der Waals surface area contributed by atoms with E-state index >= 15 is 4.39 Å². The minimum absolute atomic E-state index is 0.0813. The number of hydrogen-bond acceptors (Lipinski definition) is 8. The molecular weight excluding hydrogens is 496 g/mol. The van der Waals surface area contributed by atoms with Gasteiger partial charge < -0.3 is 15.8 Å². The number of thioether (sulfide) groups is 1. The second-order valence-electron chi connectivity index (χ2n) is 8.82. The zero-order valence-corrected chi connectivity index (χ0v) is 19.9. The molecule has 0 saturated heterocycles. The molecule has 0 unspecified atom stereocenters. The largest absolute Gasteiger partial charge is 0.460 e. The third kappa shape index (κ3) is 3.87. The highest BCUT2D eigenvalue weighted by Crippen LogP contribution is 2.68. The number of alkyl halides is 2. The molecule has 36 heavy (non-hydrogen) atoms. The summed E-state index contributed by atoms with van der Waals surface area (Å²) in [6.45, 7) is 3.18. The molecule has 1 aliphatic heterocycles. The van der Waals surface area contributed by atoms with E-state index in [1.54, 1.807) is 13.0 Å².